The molecule has 1 atom stereocenters. The molecule has 2 aromatic carbocycles. The number of rotatable bonds is 9. The highest BCUT2D eigenvalue weighted by atomic mass is 79.9. The first-order chi connectivity index (χ1) is 13.0. The fraction of sp³-hybridized carbons (Fsp3) is 0.333. The van der Waals surface area contributed by atoms with Gasteiger partial charge in [-0.1, -0.05) is 53.2 Å². The summed E-state index contributed by atoms with van der Waals surface area (Å²) in [4.78, 5) is 26.8. The van der Waals surface area contributed by atoms with E-state index in [0.717, 1.165) is 16.5 Å². The van der Waals surface area contributed by atoms with Gasteiger partial charge in [-0.3, -0.25) is 9.59 Å². The average molecular weight is 433 g/mol. The monoisotopic (exact) mass is 432 g/mol. The van der Waals surface area contributed by atoms with Crippen molar-refractivity contribution < 1.29 is 14.3 Å². The van der Waals surface area contributed by atoms with Gasteiger partial charge in [0.25, 0.3) is 5.91 Å². The number of benzene rings is 2. The zero-order chi connectivity index (χ0) is 19.6. The van der Waals surface area contributed by atoms with Crippen LogP contribution in [-0.2, 0) is 16.1 Å². The maximum atomic E-state index is 12.8. The molecule has 0 saturated heterocycles. The Morgan fingerprint density at radius 2 is 1.78 bits per heavy atom. The van der Waals surface area contributed by atoms with Crippen LogP contribution in [-0.4, -0.2) is 35.9 Å². The molecule has 0 unspecified atom stereocenters. The second-order valence-electron chi connectivity index (χ2n) is 6.22. The van der Waals surface area contributed by atoms with Crippen molar-refractivity contribution in [3.8, 4) is 5.75 Å². The van der Waals surface area contributed by atoms with Gasteiger partial charge < -0.3 is 15.0 Å². The van der Waals surface area contributed by atoms with Crippen LogP contribution < -0.4 is 10.1 Å². The summed E-state index contributed by atoms with van der Waals surface area (Å²) in [5, 5.41) is 2.85. The van der Waals surface area contributed by atoms with E-state index in [9.17, 15) is 9.59 Å². The number of halogens is 1. The lowest BCUT2D eigenvalue weighted by atomic mass is 10.1. The first-order valence-corrected chi connectivity index (χ1v) is 9.80. The summed E-state index contributed by atoms with van der Waals surface area (Å²) < 4.78 is 6.55. The number of hydrogen-bond donors (Lipinski definition) is 1. The van der Waals surface area contributed by atoms with Crippen molar-refractivity contribution in [1.29, 1.82) is 0 Å². The number of carbonyl (C=O) groups is 2. The van der Waals surface area contributed by atoms with E-state index in [2.05, 4.69) is 21.2 Å². The molecule has 2 aromatic rings. The van der Waals surface area contributed by atoms with E-state index in [1.165, 1.54) is 0 Å². The van der Waals surface area contributed by atoms with Crippen LogP contribution >= 0.6 is 15.9 Å². The minimum Gasteiger partial charge on any atom is -0.484 e. The predicted octanol–water partition coefficient (Wildman–Crippen LogP) is 3.77. The van der Waals surface area contributed by atoms with Crippen LogP contribution in [0.5, 0.6) is 5.75 Å². The van der Waals surface area contributed by atoms with Gasteiger partial charge in [-0.25, -0.2) is 0 Å². The molecular weight excluding hydrogens is 408 g/mol. The van der Waals surface area contributed by atoms with Crippen LogP contribution in [0, 0.1) is 0 Å². The van der Waals surface area contributed by atoms with E-state index in [4.69, 9.17) is 4.74 Å². The smallest absolute Gasteiger partial charge is 0.261 e. The van der Waals surface area contributed by atoms with Crippen molar-refractivity contribution in [2.24, 2.45) is 0 Å². The summed E-state index contributed by atoms with van der Waals surface area (Å²) in [6.07, 6.45) is 0.845. The molecule has 27 heavy (non-hydrogen) atoms. The van der Waals surface area contributed by atoms with Crippen LogP contribution in [0.1, 0.15) is 25.8 Å². The summed E-state index contributed by atoms with van der Waals surface area (Å²) >= 11 is 3.37. The van der Waals surface area contributed by atoms with Crippen LogP contribution in [0.4, 0.5) is 0 Å². The number of amides is 2. The van der Waals surface area contributed by atoms with Crippen LogP contribution in [0.2, 0.25) is 0 Å². The van der Waals surface area contributed by atoms with E-state index < -0.39 is 6.04 Å². The topological polar surface area (TPSA) is 58.6 Å². The average Bonchev–Trinajstić information content (AvgIpc) is 2.69. The summed E-state index contributed by atoms with van der Waals surface area (Å²) in [7, 11) is 0. The van der Waals surface area contributed by atoms with Crippen LogP contribution in [0.3, 0.4) is 0 Å². The number of nitrogens with zero attached hydrogens (tertiary/aromatic N) is 1. The van der Waals surface area contributed by atoms with Gasteiger partial charge in [-0.05, 0) is 43.2 Å². The number of nitrogens with one attached hydrogen (secondary N) is 1. The molecule has 0 aliphatic heterocycles. The van der Waals surface area contributed by atoms with Crippen molar-refractivity contribution in [2.75, 3.05) is 13.2 Å². The molecule has 2 amide bonds. The van der Waals surface area contributed by atoms with E-state index in [1.54, 1.807) is 24.0 Å². The minimum absolute atomic E-state index is 0.125. The van der Waals surface area contributed by atoms with E-state index in [1.807, 2.05) is 49.4 Å². The van der Waals surface area contributed by atoms with Crippen molar-refractivity contribution >= 4 is 27.7 Å². The van der Waals surface area contributed by atoms with E-state index >= 15 is 0 Å². The molecule has 0 radical (unpaired) electrons. The zero-order valence-electron chi connectivity index (χ0n) is 15.7. The van der Waals surface area contributed by atoms with Gasteiger partial charge in [-0.15, -0.1) is 0 Å². The molecule has 144 valence electrons. The summed E-state index contributed by atoms with van der Waals surface area (Å²) in [5.41, 5.74) is 0.963. The molecule has 0 heterocycles. The van der Waals surface area contributed by atoms with Crippen LogP contribution in [0.15, 0.2) is 59.1 Å². The van der Waals surface area contributed by atoms with Crippen molar-refractivity contribution in [3.63, 3.8) is 0 Å². The highest BCUT2D eigenvalue weighted by Crippen LogP contribution is 2.17. The van der Waals surface area contributed by atoms with Gasteiger partial charge in [0.15, 0.2) is 6.61 Å². The second-order valence-corrected chi connectivity index (χ2v) is 7.13. The molecule has 0 fully saturated rings. The minimum atomic E-state index is -0.585. The molecule has 0 aliphatic carbocycles. The quantitative estimate of drug-likeness (QED) is 0.655. The van der Waals surface area contributed by atoms with Crippen molar-refractivity contribution in [2.45, 2.75) is 32.9 Å². The molecule has 0 aromatic heterocycles. The van der Waals surface area contributed by atoms with Crippen molar-refractivity contribution in [1.82, 2.24) is 10.2 Å². The Balaban J connectivity index is 2.08. The Morgan fingerprint density at radius 3 is 2.41 bits per heavy atom. The van der Waals surface area contributed by atoms with Gasteiger partial charge in [0.1, 0.15) is 11.8 Å². The molecule has 0 spiro atoms. The fourth-order valence-electron chi connectivity index (χ4n) is 2.52. The first kappa shape index (κ1) is 21.0. The number of ether oxygens (including phenoxy) is 1. The van der Waals surface area contributed by atoms with E-state index in [-0.39, 0.29) is 18.4 Å². The lowest BCUT2D eigenvalue weighted by Gasteiger charge is -2.28. The Bertz CT molecular complexity index is 735. The maximum Gasteiger partial charge on any atom is 0.261 e. The third-order valence-corrected chi connectivity index (χ3v) is 4.62. The third kappa shape index (κ3) is 6.71. The molecular formula is C21H25BrN2O3. The largest absolute Gasteiger partial charge is 0.484 e. The summed E-state index contributed by atoms with van der Waals surface area (Å²) in [6.45, 7) is 4.55. The normalized spacial score (nSPS) is 11.5. The molecule has 6 heteroatoms. The molecule has 0 bridgehead atoms. The van der Waals surface area contributed by atoms with E-state index in [0.29, 0.717) is 18.8 Å². The highest BCUT2D eigenvalue weighted by Gasteiger charge is 2.26. The molecule has 1 N–H and O–H groups in total. The Labute approximate surface area is 168 Å². The third-order valence-electron chi connectivity index (χ3n) is 4.09. The van der Waals surface area contributed by atoms with Gasteiger partial charge in [-0.2, -0.15) is 0 Å². The lowest BCUT2D eigenvalue weighted by molar-refractivity contribution is -0.142. The molecule has 5 nitrogen and oxygen atoms in total. The number of carbonyl (C=O) groups excluding carboxylic acids is 2. The summed E-state index contributed by atoms with van der Waals surface area (Å²) in [6, 6.07) is 16.3. The Morgan fingerprint density at radius 1 is 1.11 bits per heavy atom. The molecule has 0 aliphatic rings. The fourth-order valence-corrected chi connectivity index (χ4v) is 2.78. The summed E-state index contributed by atoms with van der Waals surface area (Å²) in [5.74, 6) is 0.208. The number of hydrogen-bond acceptors (Lipinski definition) is 3. The standard InChI is InChI=1S/C21H25BrN2O3/c1-3-13-23-21(26)16(2)24(14-17-7-5-4-6-8-17)20(25)15-27-19-11-9-18(22)10-12-19/h4-12,16H,3,13-15H2,1-2H3,(H,23,26)/t16-/m0/s1. The molecule has 2 rings (SSSR count). The molecule has 0 saturated carbocycles. The first-order valence-electron chi connectivity index (χ1n) is 9.00. The Hall–Kier alpha value is -2.34. The maximum absolute atomic E-state index is 12.8. The zero-order valence-corrected chi connectivity index (χ0v) is 17.2. The second kappa shape index (κ2) is 10.7. The lowest BCUT2D eigenvalue weighted by Crippen LogP contribution is -2.49. The van der Waals surface area contributed by atoms with Crippen LogP contribution in [0.25, 0.3) is 0 Å². The SMILES string of the molecule is CCCNC(=O)[C@H](C)N(Cc1ccccc1)C(=O)COc1ccc(Br)cc1. The van der Waals surface area contributed by atoms with Gasteiger partial charge in [0.05, 0.1) is 0 Å². The predicted molar refractivity (Wildman–Crippen MR) is 109 cm³/mol. The highest BCUT2D eigenvalue weighted by molar-refractivity contribution is 9.10. The van der Waals surface area contributed by atoms with Crippen molar-refractivity contribution in [3.05, 3.63) is 64.6 Å². The van der Waals surface area contributed by atoms with Gasteiger partial charge in [0.2, 0.25) is 5.91 Å². The van der Waals surface area contributed by atoms with Gasteiger partial charge >= 0.3 is 0 Å². The Kier molecular flexibility index (Phi) is 8.33. The van der Waals surface area contributed by atoms with Gasteiger partial charge in [0, 0.05) is 17.6 Å².